The summed E-state index contributed by atoms with van der Waals surface area (Å²) in [5.74, 6) is 0.760. The van der Waals surface area contributed by atoms with Crippen LogP contribution < -0.4 is 5.32 Å². The Bertz CT molecular complexity index is 401. The normalized spacial score (nSPS) is 12.1. The SMILES string of the molecule is CC(Nc1cnccn1)c1ccccn1. The highest BCUT2D eigenvalue weighted by molar-refractivity contribution is 5.33. The van der Waals surface area contributed by atoms with Crippen molar-refractivity contribution in [2.45, 2.75) is 13.0 Å². The van der Waals surface area contributed by atoms with Gasteiger partial charge in [-0.05, 0) is 19.1 Å². The lowest BCUT2D eigenvalue weighted by Crippen LogP contribution is -2.09. The van der Waals surface area contributed by atoms with Crippen LogP contribution >= 0.6 is 0 Å². The summed E-state index contributed by atoms with van der Waals surface area (Å²) in [7, 11) is 0. The smallest absolute Gasteiger partial charge is 0.144 e. The fourth-order valence-electron chi connectivity index (χ4n) is 1.30. The predicted molar refractivity (Wildman–Crippen MR) is 58.3 cm³/mol. The van der Waals surface area contributed by atoms with Gasteiger partial charge in [0, 0.05) is 18.6 Å². The van der Waals surface area contributed by atoms with Crippen LogP contribution in [0.5, 0.6) is 0 Å². The van der Waals surface area contributed by atoms with Crippen molar-refractivity contribution in [1.29, 1.82) is 0 Å². The molecular formula is C11H12N4. The van der Waals surface area contributed by atoms with Gasteiger partial charge < -0.3 is 5.32 Å². The molecule has 2 heterocycles. The van der Waals surface area contributed by atoms with Crippen molar-refractivity contribution in [3.05, 3.63) is 48.7 Å². The summed E-state index contributed by atoms with van der Waals surface area (Å²) in [5, 5.41) is 3.22. The topological polar surface area (TPSA) is 50.7 Å². The molecule has 15 heavy (non-hydrogen) atoms. The molecule has 4 heteroatoms. The van der Waals surface area contributed by atoms with Crippen LogP contribution in [0.2, 0.25) is 0 Å². The number of nitrogens with one attached hydrogen (secondary N) is 1. The Hall–Kier alpha value is -1.97. The largest absolute Gasteiger partial charge is 0.361 e. The predicted octanol–water partition coefficient (Wildman–Crippen LogP) is 2.04. The van der Waals surface area contributed by atoms with Crippen molar-refractivity contribution >= 4 is 5.82 Å². The number of hydrogen-bond acceptors (Lipinski definition) is 4. The van der Waals surface area contributed by atoms with Crippen molar-refractivity contribution in [3.8, 4) is 0 Å². The Morgan fingerprint density at radius 3 is 2.73 bits per heavy atom. The second kappa shape index (κ2) is 4.50. The van der Waals surface area contributed by atoms with E-state index in [0.29, 0.717) is 0 Å². The zero-order chi connectivity index (χ0) is 10.5. The molecule has 0 amide bonds. The number of rotatable bonds is 3. The van der Waals surface area contributed by atoms with E-state index in [9.17, 15) is 0 Å². The van der Waals surface area contributed by atoms with Gasteiger partial charge in [-0.3, -0.25) is 9.97 Å². The highest BCUT2D eigenvalue weighted by atomic mass is 15.0. The Kier molecular flexibility index (Phi) is 2.88. The molecule has 0 aliphatic rings. The van der Waals surface area contributed by atoms with E-state index in [1.54, 1.807) is 24.8 Å². The molecule has 2 aromatic rings. The molecule has 1 atom stereocenters. The second-order valence-corrected chi connectivity index (χ2v) is 3.21. The van der Waals surface area contributed by atoms with Crippen molar-refractivity contribution in [2.75, 3.05) is 5.32 Å². The van der Waals surface area contributed by atoms with E-state index in [1.165, 1.54) is 0 Å². The average molecular weight is 200 g/mol. The molecule has 0 saturated carbocycles. The average Bonchev–Trinajstić information content (AvgIpc) is 2.31. The third-order valence-corrected chi connectivity index (χ3v) is 2.06. The Morgan fingerprint density at radius 1 is 1.13 bits per heavy atom. The highest BCUT2D eigenvalue weighted by Crippen LogP contribution is 2.13. The Balaban J connectivity index is 2.08. The summed E-state index contributed by atoms with van der Waals surface area (Å²) in [4.78, 5) is 12.4. The first kappa shape index (κ1) is 9.58. The number of hydrogen-bond donors (Lipinski definition) is 1. The maximum atomic E-state index is 4.26. The summed E-state index contributed by atoms with van der Waals surface area (Å²) in [5.41, 5.74) is 0.989. The van der Waals surface area contributed by atoms with Crippen LogP contribution in [0, 0.1) is 0 Å². The minimum absolute atomic E-state index is 0.128. The third kappa shape index (κ3) is 2.49. The summed E-state index contributed by atoms with van der Waals surface area (Å²) < 4.78 is 0. The molecule has 0 radical (unpaired) electrons. The van der Waals surface area contributed by atoms with E-state index in [4.69, 9.17) is 0 Å². The van der Waals surface area contributed by atoms with Gasteiger partial charge in [0.2, 0.25) is 0 Å². The van der Waals surface area contributed by atoms with Crippen molar-refractivity contribution < 1.29 is 0 Å². The van der Waals surface area contributed by atoms with Crippen LogP contribution in [0.25, 0.3) is 0 Å². The van der Waals surface area contributed by atoms with E-state index >= 15 is 0 Å². The van der Waals surface area contributed by atoms with Crippen LogP contribution in [-0.2, 0) is 0 Å². The lowest BCUT2D eigenvalue weighted by atomic mass is 10.2. The molecule has 0 aliphatic carbocycles. The van der Waals surface area contributed by atoms with Crippen molar-refractivity contribution in [2.24, 2.45) is 0 Å². The van der Waals surface area contributed by atoms with Crippen molar-refractivity contribution in [1.82, 2.24) is 15.0 Å². The molecule has 0 fully saturated rings. The standard InChI is InChI=1S/C11H12N4/c1-9(10-4-2-3-5-13-10)15-11-8-12-6-7-14-11/h2-9H,1H3,(H,14,15). The third-order valence-electron chi connectivity index (χ3n) is 2.06. The molecular weight excluding hydrogens is 188 g/mol. The molecule has 4 nitrogen and oxygen atoms in total. The molecule has 2 rings (SSSR count). The van der Waals surface area contributed by atoms with Crippen LogP contribution in [0.15, 0.2) is 43.0 Å². The Labute approximate surface area is 88.4 Å². The van der Waals surface area contributed by atoms with E-state index in [2.05, 4.69) is 20.3 Å². The minimum Gasteiger partial charge on any atom is -0.361 e. The van der Waals surface area contributed by atoms with Gasteiger partial charge >= 0.3 is 0 Å². The molecule has 0 spiro atoms. The zero-order valence-corrected chi connectivity index (χ0v) is 8.46. The minimum atomic E-state index is 0.128. The summed E-state index contributed by atoms with van der Waals surface area (Å²) >= 11 is 0. The van der Waals surface area contributed by atoms with Crippen LogP contribution in [0.4, 0.5) is 5.82 Å². The first-order chi connectivity index (χ1) is 7.36. The van der Waals surface area contributed by atoms with Gasteiger partial charge in [-0.15, -0.1) is 0 Å². The second-order valence-electron chi connectivity index (χ2n) is 3.21. The molecule has 0 aliphatic heterocycles. The molecule has 1 N–H and O–H groups in total. The molecule has 0 saturated heterocycles. The lowest BCUT2D eigenvalue weighted by molar-refractivity contribution is 0.830. The lowest BCUT2D eigenvalue weighted by Gasteiger charge is -2.12. The first-order valence-electron chi connectivity index (χ1n) is 4.80. The Morgan fingerprint density at radius 2 is 2.07 bits per heavy atom. The highest BCUT2D eigenvalue weighted by Gasteiger charge is 2.05. The maximum Gasteiger partial charge on any atom is 0.144 e. The first-order valence-corrected chi connectivity index (χ1v) is 4.80. The zero-order valence-electron chi connectivity index (χ0n) is 8.46. The molecule has 1 unspecified atom stereocenters. The fraction of sp³-hybridized carbons (Fsp3) is 0.182. The van der Waals surface area contributed by atoms with Crippen LogP contribution in [0.1, 0.15) is 18.7 Å². The fourth-order valence-corrected chi connectivity index (χ4v) is 1.30. The monoisotopic (exact) mass is 200 g/mol. The summed E-state index contributed by atoms with van der Waals surface area (Å²) in [6.45, 7) is 2.04. The van der Waals surface area contributed by atoms with Crippen LogP contribution in [0.3, 0.4) is 0 Å². The van der Waals surface area contributed by atoms with Crippen molar-refractivity contribution in [3.63, 3.8) is 0 Å². The van der Waals surface area contributed by atoms with Gasteiger partial charge in [0.05, 0.1) is 17.9 Å². The number of anilines is 1. The van der Waals surface area contributed by atoms with Crippen LogP contribution in [-0.4, -0.2) is 15.0 Å². The van der Waals surface area contributed by atoms with E-state index in [-0.39, 0.29) is 6.04 Å². The van der Waals surface area contributed by atoms with Gasteiger partial charge in [0.15, 0.2) is 0 Å². The van der Waals surface area contributed by atoms with Gasteiger partial charge in [0.25, 0.3) is 0 Å². The molecule has 0 bridgehead atoms. The van der Waals surface area contributed by atoms with Gasteiger partial charge in [-0.1, -0.05) is 6.07 Å². The van der Waals surface area contributed by atoms with E-state index in [0.717, 1.165) is 11.5 Å². The molecule has 76 valence electrons. The molecule has 2 aromatic heterocycles. The van der Waals surface area contributed by atoms with Gasteiger partial charge in [-0.25, -0.2) is 4.98 Å². The van der Waals surface area contributed by atoms with E-state index < -0.39 is 0 Å². The molecule has 0 aromatic carbocycles. The number of nitrogens with zero attached hydrogens (tertiary/aromatic N) is 3. The number of pyridine rings is 1. The summed E-state index contributed by atoms with van der Waals surface area (Å²) in [6.07, 6.45) is 6.79. The quantitative estimate of drug-likeness (QED) is 0.823. The van der Waals surface area contributed by atoms with Gasteiger partial charge in [-0.2, -0.15) is 0 Å². The number of aromatic nitrogens is 3. The maximum absolute atomic E-state index is 4.26. The summed E-state index contributed by atoms with van der Waals surface area (Å²) in [6, 6.07) is 5.98. The van der Waals surface area contributed by atoms with Gasteiger partial charge in [0.1, 0.15) is 5.82 Å². The van der Waals surface area contributed by atoms with E-state index in [1.807, 2.05) is 25.1 Å².